The zero-order valence-electron chi connectivity index (χ0n) is 10.5. The molecule has 0 amide bonds. The van der Waals surface area contributed by atoms with E-state index in [1.165, 1.54) is 0 Å². The molecule has 2 rings (SSSR count). The van der Waals surface area contributed by atoms with Gasteiger partial charge in [-0.05, 0) is 25.7 Å². The number of ketones is 2. The minimum Gasteiger partial charge on any atom is -0.382 e. The Bertz CT molecular complexity index is 497. The van der Waals surface area contributed by atoms with Crippen LogP contribution in [-0.2, 0) is 17.6 Å². The summed E-state index contributed by atoms with van der Waals surface area (Å²) in [5.41, 5.74) is 7.69. The zero-order chi connectivity index (χ0) is 13.1. The minimum atomic E-state index is -0.319. The SMILES string of the molecule is CCC(=O)CC(=O)c1nc2c(nc1N)CCCC2. The van der Waals surface area contributed by atoms with Crippen LogP contribution in [0, 0.1) is 0 Å². The fourth-order valence-electron chi connectivity index (χ4n) is 2.10. The Hall–Kier alpha value is -1.78. The number of nitrogens with two attached hydrogens (primary N) is 1. The van der Waals surface area contributed by atoms with Gasteiger partial charge in [0.25, 0.3) is 0 Å². The molecule has 0 spiro atoms. The number of nitrogen functional groups attached to an aromatic ring is 1. The van der Waals surface area contributed by atoms with E-state index in [9.17, 15) is 9.59 Å². The topological polar surface area (TPSA) is 85.9 Å². The van der Waals surface area contributed by atoms with Crippen LogP contribution >= 0.6 is 0 Å². The number of hydrogen-bond acceptors (Lipinski definition) is 5. The lowest BCUT2D eigenvalue weighted by Crippen LogP contribution is -2.17. The molecule has 0 atom stereocenters. The molecule has 1 heterocycles. The van der Waals surface area contributed by atoms with Gasteiger partial charge < -0.3 is 5.73 Å². The lowest BCUT2D eigenvalue weighted by Gasteiger charge is -2.15. The van der Waals surface area contributed by atoms with Crippen molar-refractivity contribution in [1.82, 2.24) is 9.97 Å². The first-order chi connectivity index (χ1) is 8.61. The van der Waals surface area contributed by atoms with E-state index in [2.05, 4.69) is 9.97 Å². The Labute approximate surface area is 106 Å². The van der Waals surface area contributed by atoms with Crippen LogP contribution in [0.3, 0.4) is 0 Å². The molecule has 0 radical (unpaired) electrons. The summed E-state index contributed by atoms with van der Waals surface area (Å²) in [6, 6.07) is 0. The second-order valence-electron chi connectivity index (χ2n) is 4.55. The van der Waals surface area contributed by atoms with Gasteiger partial charge in [-0.3, -0.25) is 9.59 Å². The van der Waals surface area contributed by atoms with Crippen molar-refractivity contribution in [3.8, 4) is 0 Å². The van der Waals surface area contributed by atoms with Gasteiger partial charge in [0.05, 0.1) is 17.8 Å². The lowest BCUT2D eigenvalue weighted by atomic mass is 10.00. The number of nitrogens with zero attached hydrogens (tertiary/aromatic N) is 2. The van der Waals surface area contributed by atoms with Crippen molar-refractivity contribution in [2.24, 2.45) is 0 Å². The van der Waals surface area contributed by atoms with Crippen molar-refractivity contribution in [3.05, 3.63) is 17.1 Å². The lowest BCUT2D eigenvalue weighted by molar-refractivity contribution is -0.117. The van der Waals surface area contributed by atoms with Gasteiger partial charge in [0.15, 0.2) is 11.6 Å². The fraction of sp³-hybridized carbons (Fsp3) is 0.538. The highest BCUT2D eigenvalue weighted by Crippen LogP contribution is 2.21. The highest BCUT2D eigenvalue weighted by molar-refractivity contribution is 6.08. The Morgan fingerprint density at radius 3 is 2.39 bits per heavy atom. The summed E-state index contributed by atoms with van der Waals surface area (Å²) in [6.07, 6.45) is 4.08. The molecule has 0 saturated heterocycles. The van der Waals surface area contributed by atoms with Crippen molar-refractivity contribution in [2.45, 2.75) is 45.4 Å². The summed E-state index contributed by atoms with van der Waals surface area (Å²) in [7, 11) is 0. The minimum absolute atomic E-state index is 0.0982. The highest BCUT2D eigenvalue weighted by Gasteiger charge is 2.20. The smallest absolute Gasteiger partial charge is 0.192 e. The van der Waals surface area contributed by atoms with Crippen molar-refractivity contribution >= 4 is 17.4 Å². The van der Waals surface area contributed by atoms with Gasteiger partial charge in [0.2, 0.25) is 0 Å². The predicted octanol–water partition coefficient (Wildman–Crippen LogP) is 1.49. The highest BCUT2D eigenvalue weighted by atomic mass is 16.1. The number of anilines is 1. The van der Waals surface area contributed by atoms with Crippen LogP contribution in [-0.4, -0.2) is 21.5 Å². The van der Waals surface area contributed by atoms with E-state index < -0.39 is 0 Å². The third-order valence-electron chi connectivity index (χ3n) is 3.17. The summed E-state index contributed by atoms with van der Waals surface area (Å²) in [6.45, 7) is 1.73. The normalized spacial score (nSPS) is 14.1. The van der Waals surface area contributed by atoms with E-state index in [4.69, 9.17) is 5.73 Å². The average molecular weight is 247 g/mol. The molecular formula is C13H17N3O2. The third-order valence-corrected chi connectivity index (χ3v) is 3.17. The molecule has 1 aliphatic rings. The standard InChI is InChI=1S/C13H17N3O2/c1-2-8(17)7-11(18)12-13(14)16-10-6-4-3-5-9(10)15-12/h2-7H2,1H3,(H2,14,16). The van der Waals surface area contributed by atoms with Gasteiger partial charge in [-0.1, -0.05) is 6.92 Å². The number of Topliss-reactive ketones (excluding diaryl/α,β-unsaturated/α-hetero) is 2. The largest absolute Gasteiger partial charge is 0.382 e. The molecule has 18 heavy (non-hydrogen) atoms. The van der Waals surface area contributed by atoms with Crippen LogP contribution in [0.5, 0.6) is 0 Å². The molecular weight excluding hydrogens is 230 g/mol. The molecule has 96 valence electrons. The zero-order valence-corrected chi connectivity index (χ0v) is 10.5. The number of aryl methyl sites for hydroxylation is 2. The van der Waals surface area contributed by atoms with Crippen LogP contribution in [0.1, 0.15) is 54.5 Å². The number of fused-ring (bicyclic) bond motifs is 1. The van der Waals surface area contributed by atoms with E-state index in [1.807, 2.05) is 0 Å². The van der Waals surface area contributed by atoms with Gasteiger partial charge >= 0.3 is 0 Å². The molecule has 1 aromatic heterocycles. The second-order valence-corrected chi connectivity index (χ2v) is 4.55. The molecule has 1 aromatic rings. The van der Waals surface area contributed by atoms with Gasteiger partial charge in [0, 0.05) is 6.42 Å². The third kappa shape index (κ3) is 2.55. The Balaban J connectivity index is 2.27. The Morgan fingerprint density at radius 1 is 1.17 bits per heavy atom. The number of rotatable bonds is 4. The molecule has 5 nitrogen and oxygen atoms in total. The maximum atomic E-state index is 11.9. The molecule has 5 heteroatoms. The molecule has 2 N–H and O–H groups in total. The summed E-state index contributed by atoms with van der Waals surface area (Å²) in [4.78, 5) is 31.8. The average Bonchev–Trinajstić information content (AvgIpc) is 2.37. The van der Waals surface area contributed by atoms with E-state index in [0.717, 1.165) is 37.1 Å². The number of aromatic nitrogens is 2. The van der Waals surface area contributed by atoms with E-state index >= 15 is 0 Å². The van der Waals surface area contributed by atoms with Crippen LogP contribution in [0.2, 0.25) is 0 Å². The first kappa shape index (κ1) is 12.7. The van der Waals surface area contributed by atoms with Crippen molar-refractivity contribution < 1.29 is 9.59 Å². The molecule has 1 aliphatic carbocycles. The maximum Gasteiger partial charge on any atom is 0.192 e. The predicted molar refractivity (Wildman–Crippen MR) is 67.3 cm³/mol. The van der Waals surface area contributed by atoms with Crippen molar-refractivity contribution in [2.75, 3.05) is 5.73 Å². The number of hydrogen-bond donors (Lipinski definition) is 1. The summed E-state index contributed by atoms with van der Waals surface area (Å²) in [5, 5.41) is 0. The van der Waals surface area contributed by atoms with E-state index in [-0.39, 0.29) is 29.5 Å². The van der Waals surface area contributed by atoms with Crippen molar-refractivity contribution in [3.63, 3.8) is 0 Å². The molecule has 0 aromatic carbocycles. The number of carbonyl (C=O) groups is 2. The molecule has 0 fully saturated rings. The van der Waals surface area contributed by atoms with Crippen LogP contribution in [0.25, 0.3) is 0 Å². The molecule has 0 unspecified atom stereocenters. The summed E-state index contributed by atoms with van der Waals surface area (Å²) < 4.78 is 0. The first-order valence-corrected chi connectivity index (χ1v) is 6.32. The van der Waals surface area contributed by atoms with E-state index in [1.54, 1.807) is 6.92 Å². The Morgan fingerprint density at radius 2 is 1.78 bits per heavy atom. The van der Waals surface area contributed by atoms with Crippen LogP contribution in [0.4, 0.5) is 5.82 Å². The van der Waals surface area contributed by atoms with Gasteiger partial charge in [-0.25, -0.2) is 9.97 Å². The second kappa shape index (κ2) is 5.25. The summed E-state index contributed by atoms with van der Waals surface area (Å²) in [5.74, 6) is -0.260. The van der Waals surface area contributed by atoms with E-state index in [0.29, 0.717) is 6.42 Å². The monoisotopic (exact) mass is 247 g/mol. The van der Waals surface area contributed by atoms with Gasteiger partial charge in [-0.2, -0.15) is 0 Å². The first-order valence-electron chi connectivity index (χ1n) is 6.32. The molecule has 0 bridgehead atoms. The van der Waals surface area contributed by atoms with Crippen molar-refractivity contribution in [1.29, 1.82) is 0 Å². The van der Waals surface area contributed by atoms with Gasteiger partial charge in [-0.15, -0.1) is 0 Å². The van der Waals surface area contributed by atoms with Crippen LogP contribution in [0.15, 0.2) is 0 Å². The maximum absolute atomic E-state index is 11.9. The molecule has 0 aliphatic heterocycles. The van der Waals surface area contributed by atoms with Gasteiger partial charge in [0.1, 0.15) is 11.5 Å². The number of carbonyl (C=O) groups excluding carboxylic acids is 2. The Kier molecular flexibility index (Phi) is 3.69. The molecule has 0 saturated carbocycles. The summed E-state index contributed by atoms with van der Waals surface area (Å²) >= 11 is 0. The fourth-order valence-corrected chi connectivity index (χ4v) is 2.10. The quantitative estimate of drug-likeness (QED) is 0.643. The van der Waals surface area contributed by atoms with Crippen LogP contribution < -0.4 is 5.73 Å².